The minimum atomic E-state index is 0.879. The molecule has 2 aromatic rings. The van der Waals surface area contributed by atoms with Crippen LogP contribution in [-0.2, 0) is 0 Å². The predicted octanol–water partition coefficient (Wildman–Crippen LogP) is 2.70. The lowest BCUT2D eigenvalue weighted by Gasteiger charge is -1.98. The Balaban J connectivity index is 2.35. The molecule has 2 rings (SSSR count). The summed E-state index contributed by atoms with van der Waals surface area (Å²) in [7, 11) is 0. The summed E-state index contributed by atoms with van der Waals surface area (Å²) in [6.45, 7) is 2.93. The van der Waals surface area contributed by atoms with E-state index in [0.29, 0.717) is 0 Å². The molecule has 5 heteroatoms. The number of nitrogens with zero attached hydrogens (tertiary/aromatic N) is 2. The minimum absolute atomic E-state index is 0.879. The molecular formula is C8H9N3S2. The van der Waals surface area contributed by atoms with Crippen LogP contribution in [0.4, 0.5) is 5.82 Å². The molecule has 0 aliphatic carbocycles. The van der Waals surface area contributed by atoms with E-state index in [0.717, 1.165) is 18.1 Å². The van der Waals surface area contributed by atoms with Gasteiger partial charge in [-0.2, -0.15) is 8.75 Å². The molecule has 0 amide bonds. The van der Waals surface area contributed by atoms with E-state index in [4.69, 9.17) is 0 Å². The highest BCUT2D eigenvalue weighted by Crippen LogP contribution is 2.29. The third kappa shape index (κ3) is 1.71. The molecule has 0 aliphatic rings. The first-order chi connectivity index (χ1) is 6.42. The maximum Gasteiger partial charge on any atom is 0.168 e. The van der Waals surface area contributed by atoms with Crippen molar-refractivity contribution in [3.8, 4) is 10.6 Å². The number of rotatable bonds is 3. The van der Waals surface area contributed by atoms with Gasteiger partial charge >= 0.3 is 0 Å². The van der Waals surface area contributed by atoms with Gasteiger partial charge in [-0.05, 0) is 18.4 Å². The molecule has 2 heterocycles. The smallest absolute Gasteiger partial charge is 0.168 e. The fourth-order valence-electron chi connectivity index (χ4n) is 1.05. The summed E-state index contributed by atoms with van der Waals surface area (Å²) in [5.41, 5.74) is 0.974. The molecule has 0 unspecified atom stereocenters. The van der Waals surface area contributed by atoms with Crippen molar-refractivity contribution in [3.63, 3.8) is 0 Å². The average Bonchev–Trinajstić information content (AvgIpc) is 2.71. The van der Waals surface area contributed by atoms with Crippen molar-refractivity contribution in [2.75, 3.05) is 11.9 Å². The van der Waals surface area contributed by atoms with E-state index in [1.165, 1.54) is 16.6 Å². The maximum absolute atomic E-state index is 4.26. The molecule has 0 fully saturated rings. The Bertz CT molecular complexity index is 366. The van der Waals surface area contributed by atoms with Gasteiger partial charge in [-0.3, -0.25) is 0 Å². The maximum atomic E-state index is 4.26. The normalized spacial score (nSPS) is 10.2. The molecule has 0 atom stereocenters. The van der Waals surface area contributed by atoms with Crippen LogP contribution in [0.1, 0.15) is 6.92 Å². The number of hydrogen-bond acceptors (Lipinski definition) is 5. The summed E-state index contributed by atoms with van der Waals surface area (Å²) in [6.07, 6.45) is 0. The van der Waals surface area contributed by atoms with Crippen LogP contribution in [0.25, 0.3) is 10.6 Å². The van der Waals surface area contributed by atoms with Crippen LogP contribution in [-0.4, -0.2) is 15.3 Å². The number of thiophene rings is 1. The lowest BCUT2D eigenvalue weighted by molar-refractivity contribution is 1.19. The second kappa shape index (κ2) is 3.85. The first-order valence-corrected chi connectivity index (χ1v) is 5.63. The molecule has 0 radical (unpaired) electrons. The van der Waals surface area contributed by atoms with Crippen LogP contribution < -0.4 is 5.32 Å². The summed E-state index contributed by atoms with van der Waals surface area (Å²) in [5.74, 6) is 0.898. The molecule has 0 saturated heterocycles. The molecule has 2 aromatic heterocycles. The van der Waals surface area contributed by atoms with Crippen molar-refractivity contribution in [2.24, 2.45) is 0 Å². The quantitative estimate of drug-likeness (QED) is 0.848. The zero-order valence-electron chi connectivity index (χ0n) is 7.15. The molecule has 13 heavy (non-hydrogen) atoms. The van der Waals surface area contributed by atoms with Gasteiger partial charge in [-0.1, -0.05) is 6.07 Å². The third-order valence-electron chi connectivity index (χ3n) is 1.59. The van der Waals surface area contributed by atoms with E-state index >= 15 is 0 Å². The van der Waals surface area contributed by atoms with Crippen molar-refractivity contribution in [1.29, 1.82) is 0 Å². The van der Waals surface area contributed by atoms with Gasteiger partial charge in [-0.25, -0.2) is 0 Å². The average molecular weight is 211 g/mol. The van der Waals surface area contributed by atoms with Gasteiger partial charge in [0.1, 0.15) is 5.69 Å². The van der Waals surface area contributed by atoms with Gasteiger partial charge < -0.3 is 5.32 Å². The summed E-state index contributed by atoms with van der Waals surface area (Å²) in [4.78, 5) is 1.17. The van der Waals surface area contributed by atoms with Crippen LogP contribution in [0.2, 0.25) is 0 Å². The van der Waals surface area contributed by atoms with Gasteiger partial charge in [0.25, 0.3) is 0 Å². The van der Waals surface area contributed by atoms with E-state index in [1.807, 2.05) is 11.4 Å². The van der Waals surface area contributed by atoms with Crippen molar-refractivity contribution < 1.29 is 0 Å². The highest BCUT2D eigenvalue weighted by molar-refractivity contribution is 7.13. The molecule has 0 saturated carbocycles. The Kier molecular flexibility index (Phi) is 2.56. The highest BCUT2D eigenvalue weighted by Gasteiger charge is 2.09. The van der Waals surface area contributed by atoms with Crippen molar-refractivity contribution >= 4 is 28.9 Å². The SMILES string of the molecule is CCNc1nsnc1-c1cccs1. The third-order valence-corrected chi connectivity index (χ3v) is 2.99. The summed E-state index contributed by atoms with van der Waals surface area (Å²) >= 11 is 2.93. The lowest BCUT2D eigenvalue weighted by atomic mass is 10.3. The van der Waals surface area contributed by atoms with E-state index in [9.17, 15) is 0 Å². The summed E-state index contributed by atoms with van der Waals surface area (Å²) < 4.78 is 8.44. The largest absolute Gasteiger partial charge is 0.368 e. The van der Waals surface area contributed by atoms with Gasteiger partial charge in [0, 0.05) is 6.54 Å². The lowest BCUT2D eigenvalue weighted by Crippen LogP contribution is -1.97. The van der Waals surface area contributed by atoms with Crippen molar-refractivity contribution in [1.82, 2.24) is 8.75 Å². The van der Waals surface area contributed by atoms with Gasteiger partial charge in [0.15, 0.2) is 5.82 Å². The molecule has 0 spiro atoms. The standard InChI is InChI=1S/C8H9N3S2/c1-2-9-8-7(10-13-11-8)6-4-3-5-12-6/h3-5H,2H2,1H3,(H,9,11). The number of aromatic nitrogens is 2. The fourth-order valence-corrected chi connectivity index (χ4v) is 2.36. The zero-order chi connectivity index (χ0) is 9.10. The number of nitrogens with one attached hydrogen (secondary N) is 1. The van der Waals surface area contributed by atoms with Crippen LogP contribution in [0.5, 0.6) is 0 Å². The summed E-state index contributed by atoms with van der Waals surface area (Å²) in [6, 6.07) is 4.08. The molecule has 3 nitrogen and oxygen atoms in total. The van der Waals surface area contributed by atoms with Crippen molar-refractivity contribution in [3.05, 3.63) is 17.5 Å². The minimum Gasteiger partial charge on any atom is -0.368 e. The van der Waals surface area contributed by atoms with Crippen LogP contribution in [0, 0.1) is 0 Å². The number of hydrogen-bond donors (Lipinski definition) is 1. The monoisotopic (exact) mass is 211 g/mol. The second-order valence-electron chi connectivity index (χ2n) is 2.47. The summed E-state index contributed by atoms with van der Waals surface area (Å²) in [5, 5.41) is 5.23. The molecule has 1 N–H and O–H groups in total. The Morgan fingerprint density at radius 2 is 2.38 bits per heavy atom. The van der Waals surface area contributed by atoms with E-state index < -0.39 is 0 Å². The van der Waals surface area contributed by atoms with Gasteiger partial charge in [-0.15, -0.1) is 11.3 Å². The molecule has 0 aliphatic heterocycles. The predicted molar refractivity (Wildman–Crippen MR) is 57.4 cm³/mol. The second-order valence-corrected chi connectivity index (χ2v) is 3.95. The van der Waals surface area contributed by atoms with E-state index in [-0.39, 0.29) is 0 Å². The van der Waals surface area contributed by atoms with Crippen LogP contribution in [0.3, 0.4) is 0 Å². The van der Waals surface area contributed by atoms with Crippen LogP contribution in [0.15, 0.2) is 17.5 Å². The fraction of sp³-hybridized carbons (Fsp3) is 0.250. The Morgan fingerprint density at radius 1 is 1.46 bits per heavy atom. The Labute approximate surface area is 84.8 Å². The zero-order valence-corrected chi connectivity index (χ0v) is 8.78. The Morgan fingerprint density at radius 3 is 3.08 bits per heavy atom. The van der Waals surface area contributed by atoms with E-state index in [2.05, 4.69) is 27.1 Å². The molecule has 0 aromatic carbocycles. The first-order valence-electron chi connectivity index (χ1n) is 4.02. The first kappa shape index (κ1) is 8.65. The van der Waals surface area contributed by atoms with E-state index in [1.54, 1.807) is 11.3 Å². The van der Waals surface area contributed by atoms with Crippen molar-refractivity contribution in [2.45, 2.75) is 6.92 Å². The van der Waals surface area contributed by atoms with Gasteiger partial charge in [0.05, 0.1) is 16.6 Å². The highest BCUT2D eigenvalue weighted by atomic mass is 32.1. The molecule has 0 bridgehead atoms. The van der Waals surface area contributed by atoms with Gasteiger partial charge in [0.2, 0.25) is 0 Å². The topological polar surface area (TPSA) is 37.8 Å². The number of anilines is 1. The molecule has 68 valence electrons. The molecular weight excluding hydrogens is 202 g/mol. The Hall–Kier alpha value is -0.940. The van der Waals surface area contributed by atoms with Crippen LogP contribution >= 0.6 is 23.1 Å².